The number of rotatable bonds is 4. The topological polar surface area (TPSA) is 18.5 Å². The Balaban J connectivity index is 2.18. The Hall–Kier alpha value is -2.26. The van der Waals surface area contributed by atoms with E-state index in [1.54, 1.807) is 25.6 Å². The van der Waals surface area contributed by atoms with Crippen LogP contribution in [0, 0.1) is 0 Å². The van der Waals surface area contributed by atoms with Crippen LogP contribution in [-0.2, 0) is 0 Å². The molecule has 2 nitrogen and oxygen atoms in total. The summed E-state index contributed by atoms with van der Waals surface area (Å²) >= 11 is 1.71. The third-order valence-electron chi connectivity index (χ3n) is 3.41. The molecule has 0 aliphatic rings. The molecule has 1 aromatic heterocycles. The summed E-state index contributed by atoms with van der Waals surface area (Å²) in [7, 11) is 3.41. The van der Waals surface area contributed by atoms with Gasteiger partial charge in [0.2, 0.25) is 0 Å². The van der Waals surface area contributed by atoms with Crippen LogP contribution in [0.25, 0.3) is 21.6 Å². The predicted molar refractivity (Wildman–Crippen MR) is 88.3 cm³/mol. The van der Waals surface area contributed by atoms with Crippen LogP contribution in [0.5, 0.6) is 11.5 Å². The van der Waals surface area contributed by atoms with Gasteiger partial charge in [0.05, 0.1) is 14.2 Å². The first-order valence-corrected chi connectivity index (χ1v) is 7.57. The Kier molecular flexibility index (Phi) is 3.93. The summed E-state index contributed by atoms with van der Waals surface area (Å²) in [5.41, 5.74) is 3.38. The molecule has 0 aliphatic heterocycles. The number of ether oxygens (including phenoxy) is 2. The van der Waals surface area contributed by atoms with Gasteiger partial charge >= 0.3 is 0 Å². The van der Waals surface area contributed by atoms with Crippen molar-refractivity contribution in [2.45, 2.75) is 0 Å². The molecule has 3 rings (SSSR count). The van der Waals surface area contributed by atoms with Crippen molar-refractivity contribution in [2.75, 3.05) is 14.2 Å². The molecular formula is C18H16O2S. The minimum absolute atomic E-state index is 0.882. The van der Waals surface area contributed by atoms with Crippen molar-refractivity contribution in [1.82, 2.24) is 0 Å². The van der Waals surface area contributed by atoms with Crippen LogP contribution in [0.4, 0.5) is 0 Å². The maximum absolute atomic E-state index is 5.49. The van der Waals surface area contributed by atoms with Gasteiger partial charge in [0, 0.05) is 21.6 Å². The van der Waals surface area contributed by atoms with E-state index in [9.17, 15) is 0 Å². The van der Waals surface area contributed by atoms with Gasteiger partial charge in [-0.1, -0.05) is 30.3 Å². The lowest BCUT2D eigenvalue weighted by molar-refractivity contribution is 0.416. The van der Waals surface area contributed by atoms with Gasteiger partial charge in [-0.05, 0) is 29.6 Å². The van der Waals surface area contributed by atoms with Gasteiger partial charge in [0.15, 0.2) is 0 Å². The van der Waals surface area contributed by atoms with Crippen molar-refractivity contribution in [2.24, 2.45) is 0 Å². The van der Waals surface area contributed by atoms with Crippen molar-refractivity contribution in [3.05, 3.63) is 60.0 Å². The minimum atomic E-state index is 0.882. The molecule has 106 valence electrons. The van der Waals surface area contributed by atoms with Crippen LogP contribution in [0.2, 0.25) is 0 Å². The lowest BCUT2D eigenvalue weighted by atomic mass is 10.0. The Labute approximate surface area is 128 Å². The van der Waals surface area contributed by atoms with Crippen LogP contribution in [0.3, 0.4) is 0 Å². The second-order valence-electron chi connectivity index (χ2n) is 4.56. The SMILES string of the molecule is COc1ccccc1-c1ccsc1-c1ccccc1OC. The Morgan fingerprint density at radius 1 is 0.667 bits per heavy atom. The van der Waals surface area contributed by atoms with Crippen LogP contribution >= 0.6 is 11.3 Å². The normalized spacial score (nSPS) is 10.4. The fourth-order valence-corrected chi connectivity index (χ4v) is 3.37. The molecule has 0 bridgehead atoms. The standard InChI is InChI=1S/C18H16O2S/c1-19-16-9-5-3-7-13(16)14-11-12-21-18(14)15-8-4-6-10-17(15)20-2/h3-12H,1-2H3. The lowest BCUT2D eigenvalue weighted by Crippen LogP contribution is -1.89. The van der Waals surface area contributed by atoms with Crippen molar-refractivity contribution < 1.29 is 9.47 Å². The summed E-state index contributed by atoms with van der Waals surface area (Å²) in [5.74, 6) is 1.77. The van der Waals surface area contributed by atoms with Crippen molar-refractivity contribution in [1.29, 1.82) is 0 Å². The maximum Gasteiger partial charge on any atom is 0.127 e. The summed E-state index contributed by atoms with van der Waals surface area (Å²) in [6.45, 7) is 0. The fourth-order valence-electron chi connectivity index (χ4n) is 2.43. The highest BCUT2D eigenvalue weighted by Crippen LogP contribution is 2.43. The van der Waals surface area contributed by atoms with E-state index in [1.165, 1.54) is 10.4 Å². The van der Waals surface area contributed by atoms with Crippen molar-refractivity contribution >= 4 is 11.3 Å². The maximum atomic E-state index is 5.49. The first kappa shape index (κ1) is 13.7. The molecule has 2 aromatic carbocycles. The zero-order chi connectivity index (χ0) is 14.7. The molecule has 0 spiro atoms. The second-order valence-corrected chi connectivity index (χ2v) is 5.48. The molecule has 3 aromatic rings. The van der Waals surface area contributed by atoms with Gasteiger partial charge in [-0.3, -0.25) is 0 Å². The Morgan fingerprint density at radius 3 is 1.90 bits per heavy atom. The fraction of sp³-hybridized carbons (Fsp3) is 0.111. The van der Waals surface area contributed by atoms with E-state index in [4.69, 9.17) is 9.47 Å². The highest BCUT2D eigenvalue weighted by Gasteiger charge is 2.15. The monoisotopic (exact) mass is 296 g/mol. The zero-order valence-electron chi connectivity index (χ0n) is 12.0. The van der Waals surface area contributed by atoms with E-state index in [1.807, 2.05) is 36.4 Å². The number of methoxy groups -OCH3 is 2. The molecule has 0 aliphatic carbocycles. The molecule has 0 N–H and O–H groups in total. The summed E-state index contributed by atoms with van der Waals surface area (Å²) in [6.07, 6.45) is 0. The van der Waals surface area contributed by atoms with E-state index in [2.05, 4.69) is 23.6 Å². The summed E-state index contributed by atoms with van der Waals surface area (Å²) in [5, 5.41) is 2.10. The molecule has 0 unspecified atom stereocenters. The van der Waals surface area contributed by atoms with E-state index >= 15 is 0 Å². The third kappa shape index (κ3) is 2.52. The minimum Gasteiger partial charge on any atom is -0.496 e. The first-order valence-electron chi connectivity index (χ1n) is 6.69. The number of hydrogen-bond acceptors (Lipinski definition) is 3. The van der Waals surface area contributed by atoms with Crippen molar-refractivity contribution in [3.63, 3.8) is 0 Å². The zero-order valence-corrected chi connectivity index (χ0v) is 12.8. The smallest absolute Gasteiger partial charge is 0.127 e. The average molecular weight is 296 g/mol. The molecule has 0 atom stereocenters. The summed E-state index contributed by atoms with van der Waals surface area (Å²) < 4.78 is 11.0. The van der Waals surface area contributed by atoms with Gasteiger partial charge in [0.25, 0.3) is 0 Å². The lowest BCUT2D eigenvalue weighted by Gasteiger charge is -2.11. The number of thiophene rings is 1. The molecule has 0 radical (unpaired) electrons. The van der Waals surface area contributed by atoms with Gasteiger partial charge < -0.3 is 9.47 Å². The molecule has 0 saturated heterocycles. The Bertz CT molecular complexity index is 684. The Morgan fingerprint density at radius 2 is 1.24 bits per heavy atom. The first-order chi connectivity index (χ1) is 10.3. The molecule has 3 heteroatoms. The molecular weight excluding hydrogens is 280 g/mol. The van der Waals surface area contributed by atoms with Gasteiger partial charge in [-0.2, -0.15) is 0 Å². The van der Waals surface area contributed by atoms with Crippen molar-refractivity contribution in [3.8, 4) is 33.1 Å². The molecule has 0 fully saturated rings. The van der Waals surface area contributed by atoms with Gasteiger partial charge in [0.1, 0.15) is 11.5 Å². The largest absolute Gasteiger partial charge is 0.496 e. The average Bonchev–Trinajstić information content (AvgIpc) is 3.04. The molecule has 0 amide bonds. The van der Waals surface area contributed by atoms with E-state index in [0.29, 0.717) is 0 Å². The van der Waals surface area contributed by atoms with Crippen LogP contribution in [0.1, 0.15) is 0 Å². The molecule has 21 heavy (non-hydrogen) atoms. The van der Waals surface area contributed by atoms with E-state index < -0.39 is 0 Å². The second kappa shape index (κ2) is 6.02. The molecule has 0 saturated carbocycles. The highest BCUT2D eigenvalue weighted by atomic mass is 32.1. The third-order valence-corrected chi connectivity index (χ3v) is 4.36. The predicted octanol–water partition coefficient (Wildman–Crippen LogP) is 5.10. The quantitative estimate of drug-likeness (QED) is 0.667. The number of hydrogen-bond donors (Lipinski definition) is 0. The van der Waals surface area contributed by atoms with E-state index in [0.717, 1.165) is 22.6 Å². The van der Waals surface area contributed by atoms with Crippen LogP contribution in [0.15, 0.2) is 60.0 Å². The van der Waals surface area contributed by atoms with Gasteiger partial charge in [-0.15, -0.1) is 11.3 Å². The van der Waals surface area contributed by atoms with Crippen LogP contribution < -0.4 is 9.47 Å². The number of benzene rings is 2. The number of para-hydroxylation sites is 2. The van der Waals surface area contributed by atoms with Crippen LogP contribution in [-0.4, -0.2) is 14.2 Å². The van der Waals surface area contributed by atoms with E-state index in [-0.39, 0.29) is 0 Å². The summed E-state index contributed by atoms with van der Waals surface area (Å²) in [6, 6.07) is 18.3. The summed E-state index contributed by atoms with van der Waals surface area (Å²) in [4.78, 5) is 1.19. The molecule has 1 heterocycles. The van der Waals surface area contributed by atoms with Gasteiger partial charge in [-0.25, -0.2) is 0 Å². The highest BCUT2D eigenvalue weighted by molar-refractivity contribution is 7.14.